The van der Waals surface area contributed by atoms with E-state index in [1.807, 2.05) is 20.8 Å². The highest BCUT2D eigenvalue weighted by molar-refractivity contribution is 5.35. The summed E-state index contributed by atoms with van der Waals surface area (Å²) in [7, 11) is 0. The molecule has 1 aromatic rings. The zero-order chi connectivity index (χ0) is 14.5. The number of nitro groups is 1. The third-order valence-corrected chi connectivity index (χ3v) is 2.57. The van der Waals surface area contributed by atoms with E-state index in [0.29, 0.717) is 25.3 Å². The second-order valence-electron chi connectivity index (χ2n) is 4.87. The number of nitro benzene ring substituents is 1. The minimum Gasteiger partial charge on any atom is -0.375 e. The Morgan fingerprint density at radius 3 is 2.68 bits per heavy atom. The highest BCUT2D eigenvalue weighted by atomic mass is 19.1. The molecule has 0 fully saturated rings. The molecule has 0 aliphatic heterocycles. The van der Waals surface area contributed by atoms with Crippen molar-refractivity contribution in [1.82, 2.24) is 5.32 Å². The number of ether oxygens (including phenoxy) is 1. The molecule has 0 heterocycles. The summed E-state index contributed by atoms with van der Waals surface area (Å²) in [5.41, 5.74) is -0.0200. The molecule has 5 nitrogen and oxygen atoms in total. The predicted octanol–water partition coefficient (Wildman–Crippen LogP) is 2.64. The summed E-state index contributed by atoms with van der Waals surface area (Å²) < 4.78 is 18.7. The molecule has 0 amide bonds. The van der Waals surface area contributed by atoms with Gasteiger partial charge in [-0.25, -0.2) is 4.39 Å². The highest BCUT2D eigenvalue weighted by Gasteiger charge is 2.17. The van der Waals surface area contributed by atoms with E-state index >= 15 is 0 Å². The van der Waals surface area contributed by atoms with E-state index in [-0.39, 0.29) is 11.3 Å². The molecule has 106 valence electrons. The first-order chi connectivity index (χ1) is 8.84. The molecular weight excluding hydrogens is 251 g/mol. The monoisotopic (exact) mass is 270 g/mol. The second kappa shape index (κ2) is 6.58. The van der Waals surface area contributed by atoms with Crippen LogP contribution < -0.4 is 5.32 Å². The summed E-state index contributed by atoms with van der Waals surface area (Å²) in [6.45, 7) is 7.34. The molecular formula is C13H19FN2O3. The van der Waals surface area contributed by atoms with Gasteiger partial charge in [0.1, 0.15) is 5.82 Å². The molecule has 0 radical (unpaired) electrons. The quantitative estimate of drug-likeness (QED) is 0.611. The van der Waals surface area contributed by atoms with E-state index in [2.05, 4.69) is 5.32 Å². The van der Waals surface area contributed by atoms with Gasteiger partial charge in [-0.3, -0.25) is 10.1 Å². The molecule has 0 saturated heterocycles. The van der Waals surface area contributed by atoms with Gasteiger partial charge in [-0.2, -0.15) is 0 Å². The molecule has 0 spiro atoms. The Morgan fingerprint density at radius 1 is 1.42 bits per heavy atom. The van der Waals surface area contributed by atoms with Crippen LogP contribution >= 0.6 is 0 Å². The topological polar surface area (TPSA) is 64.4 Å². The lowest BCUT2D eigenvalue weighted by Gasteiger charge is -2.25. The van der Waals surface area contributed by atoms with E-state index in [0.717, 1.165) is 6.07 Å². The van der Waals surface area contributed by atoms with Crippen molar-refractivity contribution in [3.8, 4) is 0 Å². The van der Waals surface area contributed by atoms with E-state index in [1.165, 1.54) is 12.1 Å². The number of benzene rings is 1. The van der Waals surface area contributed by atoms with Crippen LogP contribution in [0.1, 0.15) is 26.3 Å². The number of nitrogens with one attached hydrogen (secondary N) is 1. The maximum absolute atomic E-state index is 13.2. The number of hydrogen-bond acceptors (Lipinski definition) is 4. The number of rotatable bonds is 7. The van der Waals surface area contributed by atoms with Crippen LogP contribution in [0.4, 0.5) is 10.1 Å². The van der Waals surface area contributed by atoms with Crippen molar-refractivity contribution in [3.63, 3.8) is 0 Å². The van der Waals surface area contributed by atoms with E-state index in [4.69, 9.17) is 4.74 Å². The summed E-state index contributed by atoms with van der Waals surface area (Å²) in [4.78, 5) is 10.0. The fourth-order valence-electron chi connectivity index (χ4n) is 1.79. The first-order valence-corrected chi connectivity index (χ1v) is 6.12. The molecule has 0 bridgehead atoms. The maximum Gasteiger partial charge on any atom is 0.272 e. The molecule has 0 saturated carbocycles. The van der Waals surface area contributed by atoms with Gasteiger partial charge >= 0.3 is 0 Å². The SMILES string of the molecule is CCOC(C)(C)CNCc1cc(F)cc([N+](=O)[O-])c1. The van der Waals surface area contributed by atoms with Crippen LogP contribution in [0.15, 0.2) is 18.2 Å². The van der Waals surface area contributed by atoms with Gasteiger partial charge in [-0.1, -0.05) is 0 Å². The standard InChI is InChI=1S/C13H19FN2O3/c1-4-19-13(2,3)9-15-8-10-5-11(14)7-12(6-10)16(17)18/h5-7,15H,4,8-9H2,1-3H3. The lowest BCUT2D eigenvalue weighted by molar-refractivity contribution is -0.385. The first-order valence-electron chi connectivity index (χ1n) is 6.12. The summed E-state index contributed by atoms with van der Waals surface area (Å²) in [5.74, 6) is -0.602. The third kappa shape index (κ3) is 5.32. The van der Waals surface area contributed by atoms with Gasteiger partial charge in [0.15, 0.2) is 0 Å². The van der Waals surface area contributed by atoms with Gasteiger partial charge in [0.2, 0.25) is 0 Å². The van der Waals surface area contributed by atoms with Crippen molar-refractivity contribution in [2.45, 2.75) is 32.9 Å². The van der Waals surface area contributed by atoms with Gasteiger partial charge in [0.05, 0.1) is 16.6 Å². The zero-order valence-corrected chi connectivity index (χ0v) is 11.4. The number of nitrogens with zero attached hydrogens (tertiary/aromatic N) is 1. The first kappa shape index (κ1) is 15.5. The zero-order valence-electron chi connectivity index (χ0n) is 11.4. The lowest BCUT2D eigenvalue weighted by atomic mass is 10.1. The smallest absolute Gasteiger partial charge is 0.272 e. The molecule has 0 unspecified atom stereocenters. The van der Waals surface area contributed by atoms with Gasteiger partial charge in [0.25, 0.3) is 5.69 Å². The minimum atomic E-state index is -0.602. The molecule has 1 N–H and O–H groups in total. The molecule has 1 aromatic carbocycles. The summed E-state index contributed by atoms with van der Waals surface area (Å²) in [5, 5.41) is 13.7. The molecule has 19 heavy (non-hydrogen) atoms. The van der Waals surface area contributed by atoms with Crippen LogP contribution in [-0.2, 0) is 11.3 Å². The van der Waals surface area contributed by atoms with Gasteiger partial charge in [0, 0.05) is 25.8 Å². The molecule has 1 rings (SSSR count). The average Bonchev–Trinajstić information content (AvgIpc) is 2.27. The van der Waals surface area contributed by atoms with Crippen molar-refractivity contribution in [2.24, 2.45) is 0 Å². The van der Waals surface area contributed by atoms with Gasteiger partial charge < -0.3 is 10.1 Å². The summed E-state index contributed by atoms with van der Waals surface area (Å²) >= 11 is 0. The molecule has 6 heteroatoms. The predicted molar refractivity (Wildman–Crippen MR) is 70.5 cm³/mol. The van der Waals surface area contributed by atoms with Crippen LogP contribution in [0.3, 0.4) is 0 Å². The van der Waals surface area contributed by atoms with E-state index < -0.39 is 10.7 Å². The average molecular weight is 270 g/mol. The van der Waals surface area contributed by atoms with E-state index in [9.17, 15) is 14.5 Å². The summed E-state index contributed by atoms with van der Waals surface area (Å²) in [6.07, 6.45) is 0. The largest absolute Gasteiger partial charge is 0.375 e. The van der Waals surface area contributed by atoms with Crippen LogP contribution in [0.2, 0.25) is 0 Å². The molecule has 0 aliphatic rings. The molecule has 0 atom stereocenters. The maximum atomic E-state index is 13.2. The third-order valence-electron chi connectivity index (χ3n) is 2.57. The van der Waals surface area contributed by atoms with Crippen molar-refractivity contribution in [1.29, 1.82) is 0 Å². The molecule has 0 aromatic heterocycles. The van der Waals surface area contributed by atoms with Crippen LogP contribution in [-0.4, -0.2) is 23.7 Å². The Hall–Kier alpha value is -1.53. The Bertz CT molecular complexity index is 450. The lowest BCUT2D eigenvalue weighted by Crippen LogP contribution is -2.37. The fraction of sp³-hybridized carbons (Fsp3) is 0.538. The Kier molecular flexibility index (Phi) is 5.38. The second-order valence-corrected chi connectivity index (χ2v) is 4.87. The fourth-order valence-corrected chi connectivity index (χ4v) is 1.79. The van der Waals surface area contributed by atoms with Crippen LogP contribution in [0.5, 0.6) is 0 Å². The van der Waals surface area contributed by atoms with Crippen molar-refractivity contribution < 1.29 is 14.1 Å². The summed E-state index contributed by atoms with van der Waals surface area (Å²) in [6, 6.07) is 3.56. The Balaban J connectivity index is 2.61. The number of hydrogen-bond donors (Lipinski definition) is 1. The Labute approximate surface area is 111 Å². The van der Waals surface area contributed by atoms with Crippen molar-refractivity contribution in [3.05, 3.63) is 39.7 Å². The normalized spacial score (nSPS) is 11.6. The van der Waals surface area contributed by atoms with Crippen LogP contribution in [0.25, 0.3) is 0 Å². The van der Waals surface area contributed by atoms with E-state index in [1.54, 1.807) is 0 Å². The van der Waals surface area contributed by atoms with Gasteiger partial charge in [-0.05, 0) is 32.4 Å². The Morgan fingerprint density at radius 2 is 2.11 bits per heavy atom. The van der Waals surface area contributed by atoms with Crippen LogP contribution in [0, 0.1) is 15.9 Å². The molecule has 0 aliphatic carbocycles. The highest BCUT2D eigenvalue weighted by Crippen LogP contribution is 2.16. The van der Waals surface area contributed by atoms with Crippen molar-refractivity contribution in [2.75, 3.05) is 13.2 Å². The minimum absolute atomic E-state index is 0.235. The number of halogens is 1. The van der Waals surface area contributed by atoms with Crippen molar-refractivity contribution >= 4 is 5.69 Å². The number of non-ortho nitro benzene ring substituents is 1. The van der Waals surface area contributed by atoms with Gasteiger partial charge in [-0.15, -0.1) is 0 Å².